The minimum atomic E-state index is -0.305. The zero-order valence-electron chi connectivity index (χ0n) is 16.2. The minimum Gasteiger partial charge on any atom is -0.497 e. The van der Waals surface area contributed by atoms with Crippen LogP contribution in [0, 0.1) is 13.8 Å². The third-order valence-corrected chi connectivity index (χ3v) is 4.29. The number of ether oxygens (including phenoxy) is 2. The van der Waals surface area contributed by atoms with E-state index in [4.69, 9.17) is 9.47 Å². The second-order valence-electron chi connectivity index (χ2n) is 6.20. The highest BCUT2D eigenvalue weighted by molar-refractivity contribution is 6.04. The number of para-hydroxylation sites is 1. The van der Waals surface area contributed by atoms with Crippen molar-refractivity contribution in [2.24, 2.45) is 0 Å². The lowest BCUT2D eigenvalue weighted by molar-refractivity contribution is 0.102. The number of rotatable bonds is 6. The molecule has 7 heteroatoms. The van der Waals surface area contributed by atoms with Crippen LogP contribution in [0.15, 0.2) is 48.8 Å². The SMILES string of the molecule is COc1ccc(OC)c(Nc2cc(C(=O)Nc3c(C)cccc3C)ncn2)c1. The molecule has 1 heterocycles. The molecule has 0 atom stereocenters. The Morgan fingerprint density at radius 3 is 2.39 bits per heavy atom. The van der Waals surface area contributed by atoms with Crippen molar-refractivity contribution in [2.45, 2.75) is 13.8 Å². The number of aromatic nitrogens is 2. The third kappa shape index (κ3) is 4.20. The van der Waals surface area contributed by atoms with Crippen LogP contribution in [0.5, 0.6) is 11.5 Å². The van der Waals surface area contributed by atoms with Crippen molar-refractivity contribution < 1.29 is 14.3 Å². The van der Waals surface area contributed by atoms with Gasteiger partial charge in [0.2, 0.25) is 0 Å². The van der Waals surface area contributed by atoms with E-state index in [-0.39, 0.29) is 11.6 Å². The quantitative estimate of drug-likeness (QED) is 0.671. The van der Waals surface area contributed by atoms with Crippen LogP contribution in [0.1, 0.15) is 21.6 Å². The number of nitrogens with one attached hydrogen (secondary N) is 2. The normalized spacial score (nSPS) is 10.3. The Hall–Kier alpha value is -3.61. The summed E-state index contributed by atoms with van der Waals surface area (Å²) in [6.45, 7) is 3.90. The average molecular weight is 378 g/mol. The topological polar surface area (TPSA) is 85.4 Å². The van der Waals surface area contributed by atoms with E-state index in [9.17, 15) is 4.79 Å². The Morgan fingerprint density at radius 1 is 0.964 bits per heavy atom. The fourth-order valence-corrected chi connectivity index (χ4v) is 2.79. The molecule has 0 spiro atoms. The van der Waals surface area contributed by atoms with Crippen molar-refractivity contribution in [3.8, 4) is 11.5 Å². The lowest BCUT2D eigenvalue weighted by Crippen LogP contribution is -2.16. The Kier molecular flexibility index (Phi) is 5.74. The number of aryl methyl sites for hydroxylation is 2. The highest BCUT2D eigenvalue weighted by Gasteiger charge is 2.13. The summed E-state index contributed by atoms with van der Waals surface area (Å²) in [5.41, 5.74) is 3.68. The number of carbonyl (C=O) groups excluding carboxylic acids is 1. The van der Waals surface area contributed by atoms with Crippen LogP contribution in [-0.2, 0) is 0 Å². The van der Waals surface area contributed by atoms with Crippen molar-refractivity contribution in [1.82, 2.24) is 9.97 Å². The summed E-state index contributed by atoms with van der Waals surface area (Å²) >= 11 is 0. The lowest BCUT2D eigenvalue weighted by Gasteiger charge is -2.13. The molecule has 0 radical (unpaired) electrons. The van der Waals surface area contributed by atoms with Crippen LogP contribution >= 0.6 is 0 Å². The fraction of sp³-hybridized carbons (Fsp3) is 0.190. The number of methoxy groups -OCH3 is 2. The molecule has 1 amide bonds. The van der Waals surface area contributed by atoms with Crippen molar-refractivity contribution in [2.75, 3.05) is 24.9 Å². The van der Waals surface area contributed by atoms with Gasteiger partial charge in [-0.2, -0.15) is 0 Å². The van der Waals surface area contributed by atoms with Gasteiger partial charge < -0.3 is 20.1 Å². The Balaban J connectivity index is 1.84. The van der Waals surface area contributed by atoms with Gasteiger partial charge in [0.1, 0.15) is 29.3 Å². The fourth-order valence-electron chi connectivity index (χ4n) is 2.79. The van der Waals surface area contributed by atoms with Crippen LogP contribution < -0.4 is 20.1 Å². The van der Waals surface area contributed by atoms with E-state index in [2.05, 4.69) is 20.6 Å². The van der Waals surface area contributed by atoms with E-state index < -0.39 is 0 Å². The predicted molar refractivity (Wildman–Crippen MR) is 109 cm³/mol. The summed E-state index contributed by atoms with van der Waals surface area (Å²) in [6.07, 6.45) is 1.34. The molecule has 0 saturated heterocycles. The number of amides is 1. The zero-order valence-corrected chi connectivity index (χ0v) is 16.2. The number of anilines is 3. The molecule has 7 nitrogen and oxygen atoms in total. The second-order valence-corrected chi connectivity index (χ2v) is 6.20. The molecule has 3 rings (SSSR count). The molecule has 28 heavy (non-hydrogen) atoms. The summed E-state index contributed by atoms with van der Waals surface area (Å²) in [7, 11) is 3.17. The van der Waals surface area contributed by atoms with Gasteiger partial charge in [-0.25, -0.2) is 9.97 Å². The average Bonchev–Trinajstić information content (AvgIpc) is 2.71. The first-order valence-corrected chi connectivity index (χ1v) is 8.70. The molecule has 0 fully saturated rings. The molecule has 2 aromatic carbocycles. The van der Waals surface area contributed by atoms with Gasteiger partial charge in [0.15, 0.2) is 0 Å². The molecule has 144 valence electrons. The van der Waals surface area contributed by atoms with Crippen molar-refractivity contribution >= 4 is 23.1 Å². The van der Waals surface area contributed by atoms with Gasteiger partial charge in [0.25, 0.3) is 5.91 Å². The first-order chi connectivity index (χ1) is 13.5. The molecule has 0 aliphatic carbocycles. The van der Waals surface area contributed by atoms with Gasteiger partial charge >= 0.3 is 0 Å². The number of carbonyl (C=O) groups is 1. The molecule has 0 saturated carbocycles. The maximum atomic E-state index is 12.7. The number of nitrogens with zero attached hydrogens (tertiary/aromatic N) is 2. The van der Waals surface area contributed by atoms with E-state index in [1.165, 1.54) is 6.33 Å². The monoisotopic (exact) mass is 378 g/mol. The number of hydrogen-bond donors (Lipinski definition) is 2. The van der Waals surface area contributed by atoms with Crippen molar-refractivity contribution in [3.05, 3.63) is 65.6 Å². The van der Waals surface area contributed by atoms with Gasteiger partial charge in [0.05, 0.1) is 19.9 Å². The Bertz CT molecular complexity index is 984. The van der Waals surface area contributed by atoms with E-state index >= 15 is 0 Å². The van der Waals surface area contributed by atoms with Crippen LogP contribution in [-0.4, -0.2) is 30.1 Å². The van der Waals surface area contributed by atoms with E-state index in [1.54, 1.807) is 38.5 Å². The van der Waals surface area contributed by atoms with E-state index in [1.807, 2.05) is 32.0 Å². The summed E-state index contributed by atoms with van der Waals surface area (Å²) in [6, 6.07) is 12.8. The van der Waals surface area contributed by atoms with Gasteiger partial charge in [-0.3, -0.25) is 4.79 Å². The molecule has 0 aliphatic rings. The highest BCUT2D eigenvalue weighted by atomic mass is 16.5. The summed E-state index contributed by atoms with van der Waals surface area (Å²) in [5, 5.41) is 6.07. The van der Waals surface area contributed by atoms with Crippen molar-refractivity contribution in [3.63, 3.8) is 0 Å². The zero-order chi connectivity index (χ0) is 20.1. The molecule has 2 N–H and O–H groups in total. The minimum absolute atomic E-state index is 0.252. The molecule has 0 unspecified atom stereocenters. The van der Waals surface area contributed by atoms with Crippen LogP contribution in [0.3, 0.4) is 0 Å². The third-order valence-electron chi connectivity index (χ3n) is 4.29. The Labute approximate surface area is 163 Å². The maximum absolute atomic E-state index is 12.7. The van der Waals surface area contributed by atoms with E-state index in [0.29, 0.717) is 23.0 Å². The first kappa shape index (κ1) is 19.2. The first-order valence-electron chi connectivity index (χ1n) is 8.70. The molecule has 3 aromatic rings. The van der Waals surface area contributed by atoms with Gasteiger partial charge in [0, 0.05) is 17.8 Å². The lowest BCUT2D eigenvalue weighted by atomic mass is 10.1. The van der Waals surface area contributed by atoms with Crippen LogP contribution in [0.4, 0.5) is 17.2 Å². The summed E-state index contributed by atoms with van der Waals surface area (Å²) < 4.78 is 10.6. The van der Waals surface area contributed by atoms with Crippen molar-refractivity contribution in [1.29, 1.82) is 0 Å². The maximum Gasteiger partial charge on any atom is 0.274 e. The van der Waals surface area contributed by atoms with Gasteiger partial charge in [-0.05, 0) is 37.1 Å². The molecular weight excluding hydrogens is 356 g/mol. The van der Waals surface area contributed by atoms with E-state index in [0.717, 1.165) is 16.8 Å². The molecule has 1 aromatic heterocycles. The standard InChI is InChI=1S/C21H22N4O3/c1-13-6-5-7-14(2)20(13)25-21(26)17-11-19(23-12-22-17)24-16-10-15(27-3)8-9-18(16)28-4/h5-12H,1-4H3,(H,25,26)(H,22,23,24). The second kappa shape index (κ2) is 8.39. The summed E-state index contributed by atoms with van der Waals surface area (Å²) in [5.74, 6) is 1.46. The van der Waals surface area contributed by atoms with Crippen LogP contribution in [0.2, 0.25) is 0 Å². The Morgan fingerprint density at radius 2 is 1.71 bits per heavy atom. The number of benzene rings is 2. The summed E-state index contributed by atoms with van der Waals surface area (Å²) in [4.78, 5) is 21.0. The highest BCUT2D eigenvalue weighted by Crippen LogP contribution is 2.31. The number of hydrogen-bond acceptors (Lipinski definition) is 6. The smallest absolute Gasteiger partial charge is 0.274 e. The largest absolute Gasteiger partial charge is 0.497 e. The molecule has 0 bridgehead atoms. The van der Waals surface area contributed by atoms with Crippen LogP contribution in [0.25, 0.3) is 0 Å². The predicted octanol–water partition coefficient (Wildman–Crippen LogP) is 4.11. The van der Waals surface area contributed by atoms with Gasteiger partial charge in [-0.1, -0.05) is 18.2 Å². The molecule has 0 aliphatic heterocycles. The molecular formula is C21H22N4O3. The van der Waals surface area contributed by atoms with Gasteiger partial charge in [-0.15, -0.1) is 0 Å².